The minimum atomic E-state index is -3.92. The monoisotopic (exact) mass is 157 g/mol. The summed E-state index contributed by atoms with van der Waals surface area (Å²) in [5.74, 6) is -0.492. The van der Waals surface area contributed by atoms with Crippen LogP contribution in [0.3, 0.4) is 0 Å². The van der Waals surface area contributed by atoms with Gasteiger partial charge in [-0.25, -0.2) is 0 Å². The maximum absolute atomic E-state index is 9.87. The Hall–Kier alpha value is 0.200. The zero-order chi connectivity index (χ0) is 6.78. The second kappa shape index (κ2) is 2.66. The average molecular weight is 158 g/mol. The summed E-state index contributed by atoms with van der Waals surface area (Å²) >= 11 is 5.11. The molecule has 0 fully saturated rings. The van der Waals surface area contributed by atoms with E-state index in [1.165, 1.54) is 0 Å². The lowest BCUT2D eigenvalue weighted by atomic mass is 10.6. The van der Waals surface area contributed by atoms with E-state index < -0.39 is 21.2 Å². The number of alkyl halides is 1. The molecule has 0 spiro atoms. The summed E-state index contributed by atoms with van der Waals surface area (Å²) in [5.41, 5.74) is 0. The zero-order valence-corrected chi connectivity index (χ0v) is 5.61. The molecular weight excluding hydrogens is 152 g/mol. The van der Waals surface area contributed by atoms with Crippen LogP contribution in [0.4, 0.5) is 0 Å². The zero-order valence-electron chi connectivity index (χ0n) is 4.04. The van der Waals surface area contributed by atoms with Crippen molar-refractivity contribution in [3.8, 4) is 0 Å². The minimum absolute atomic E-state index is 0.492. The third kappa shape index (κ3) is 6.20. The van der Waals surface area contributed by atoms with Gasteiger partial charge >= 0.3 is 0 Å². The maximum atomic E-state index is 9.87. The third-order valence-electron chi connectivity index (χ3n) is 0.391. The van der Waals surface area contributed by atoms with Crippen LogP contribution >= 0.6 is 11.6 Å². The topological polar surface area (TPSA) is 54.4 Å². The van der Waals surface area contributed by atoms with Crippen LogP contribution in [-0.2, 0) is 10.1 Å². The molecule has 0 aromatic heterocycles. The Labute approximate surface area is 53.4 Å². The van der Waals surface area contributed by atoms with Gasteiger partial charge in [0.2, 0.25) is 0 Å². The summed E-state index contributed by atoms with van der Waals surface area (Å²) in [6.45, 7) is 3.15. The van der Waals surface area contributed by atoms with E-state index in [9.17, 15) is 8.42 Å². The van der Waals surface area contributed by atoms with E-state index in [4.69, 9.17) is 16.2 Å². The molecule has 5 heteroatoms. The van der Waals surface area contributed by atoms with Crippen LogP contribution in [0.15, 0.2) is 0 Å². The average Bonchev–Trinajstić information content (AvgIpc) is 1.21. The van der Waals surface area contributed by atoms with E-state index in [-0.39, 0.29) is 0 Å². The molecule has 0 amide bonds. The molecule has 0 bridgehead atoms. The summed E-state index contributed by atoms with van der Waals surface area (Å²) in [7, 11) is -3.92. The molecule has 0 aromatic carbocycles. The maximum Gasteiger partial charge on any atom is 0.266 e. The first kappa shape index (κ1) is 8.20. The van der Waals surface area contributed by atoms with E-state index in [0.717, 1.165) is 0 Å². The molecule has 0 saturated carbocycles. The van der Waals surface area contributed by atoms with Gasteiger partial charge in [0.1, 0.15) is 0 Å². The predicted octanol–water partition coefficient (Wildman–Crippen LogP) is 0.316. The molecule has 1 N–H and O–H groups in total. The Kier molecular flexibility index (Phi) is 2.73. The largest absolute Gasteiger partial charge is 0.286 e. The molecule has 0 aliphatic rings. The van der Waals surface area contributed by atoms with Gasteiger partial charge in [-0.3, -0.25) is 4.55 Å². The van der Waals surface area contributed by atoms with E-state index in [2.05, 4.69) is 6.92 Å². The second-order valence-corrected chi connectivity index (χ2v) is 3.46. The fraction of sp³-hybridized carbons (Fsp3) is 0.667. The van der Waals surface area contributed by atoms with Crippen LogP contribution in [0.25, 0.3) is 0 Å². The molecule has 0 aliphatic carbocycles. The smallest absolute Gasteiger partial charge is 0.266 e. The molecule has 49 valence electrons. The van der Waals surface area contributed by atoms with Crippen molar-refractivity contribution in [2.75, 3.05) is 5.75 Å². The van der Waals surface area contributed by atoms with Crippen molar-refractivity contribution in [2.24, 2.45) is 0 Å². The van der Waals surface area contributed by atoms with E-state index >= 15 is 0 Å². The normalized spacial score (nSPS) is 15.9. The minimum Gasteiger partial charge on any atom is -0.286 e. The fourth-order valence-electron chi connectivity index (χ4n) is 0.229. The number of rotatable bonds is 2. The highest BCUT2D eigenvalue weighted by atomic mass is 35.5. The van der Waals surface area contributed by atoms with Crippen molar-refractivity contribution < 1.29 is 13.0 Å². The second-order valence-electron chi connectivity index (χ2n) is 1.35. The molecule has 3 nitrogen and oxygen atoms in total. The molecule has 1 radical (unpaired) electrons. The van der Waals surface area contributed by atoms with Gasteiger partial charge in [0.05, 0.1) is 5.75 Å². The molecular formula is C3H6ClO3S. The Bertz CT molecular complexity index is 148. The van der Waals surface area contributed by atoms with Gasteiger partial charge in [-0.15, -0.1) is 11.6 Å². The Morgan fingerprint density at radius 2 is 2.12 bits per heavy atom. The van der Waals surface area contributed by atoms with Crippen molar-refractivity contribution >= 4 is 21.7 Å². The first-order valence-electron chi connectivity index (χ1n) is 1.84. The van der Waals surface area contributed by atoms with E-state index in [1.54, 1.807) is 0 Å². The van der Waals surface area contributed by atoms with Gasteiger partial charge in [-0.1, -0.05) is 0 Å². The number of hydrogen-bond acceptors (Lipinski definition) is 2. The Morgan fingerprint density at radius 1 is 1.75 bits per heavy atom. The van der Waals surface area contributed by atoms with Gasteiger partial charge in [-0.2, -0.15) is 8.42 Å². The predicted molar refractivity (Wildman–Crippen MR) is 31.4 cm³/mol. The highest BCUT2D eigenvalue weighted by Crippen LogP contribution is 1.95. The quantitative estimate of drug-likeness (QED) is 0.464. The SMILES string of the molecule is [CH2]C(Cl)CS(=O)(=O)O. The molecule has 0 aliphatic heterocycles. The van der Waals surface area contributed by atoms with Crippen molar-refractivity contribution in [1.29, 1.82) is 0 Å². The van der Waals surface area contributed by atoms with Gasteiger partial charge < -0.3 is 0 Å². The van der Waals surface area contributed by atoms with Crippen molar-refractivity contribution in [2.45, 2.75) is 5.38 Å². The standard InChI is InChI=1S/C3H6ClO3S/c1-3(4)2-8(5,6)7/h3H,1-2H2,(H,5,6,7). The first-order valence-corrected chi connectivity index (χ1v) is 3.88. The molecule has 0 saturated heterocycles. The van der Waals surface area contributed by atoms with Gasteiger partial charge in [0.15, 0.2) is 0 Å². The first-order chi connectivity index (χ1) is 3.42. The van der Waals surface area contributed by atoms with Gasteiger partial charge in [0, 0.05) is 5.38 Å². The number of hydrogen-bond donors (Lipinski definition) is 1. The summed E-state index contributed by atoms with van der Waals surface area (Å²) in [6.07, 6.45) is 0. The van der Waals surface area contributed by atoms with Crippen molar-refractivity contribution in [3.05, 3.63) is 6.92 Å². The highest BCUT2D eigenvalue weighted by Gasteiger charge is 2.07. The summed E-state index contributed by atoms with van der Waals surface area (Å²) in [6, 6.07) is 0. The van der Waals surface area contributed by atoms with Crippen LogP contribution in [-0.4, -0.2) is 24.1 Å². The van der Waals surface area contributed by atoms with Crippen LogP contribution in [0, 0.1) is 6.92 Å². The molecule has 1 atom stereocenters. The van der Waals surface area contributed by atoms with Crippen LogP contribution in [0.2, 0.25) is 0 Å². The molecule has 1 unspecified atom stereocenters. The fourth-order valence-corrected chi connectivity index (χ4v) is 1.16. The van der Waals surface area contributed by atoms with Crippen molar-refractivity contribution in [3.63, 3.8) is 0 Å². The molecule has 8 heavy (non-hydrogen) atoms. The Balaban J connectivity index is 3.75. The molecule has 0 aromatic rings. The highest BCUT2D eigenvalue weighted by molar-refractivity contribution is 7.85. The van der Waals surface area contributed by atoms with Gasteiger partial charge in [0.25, 0.3) is 10.1 Å². The summed E-state index contributed by atoms with van der Waals surface area (Å²) in [5, 5.41) is -0.773. The Morgan fingerprint density at radius 3 is 2.12 bits per heavy atom. The van der Waals surface area contributed by atoms with Crippen LogP contribution < -0.4 is 0 Å². The number of halogens is 1. The lowest BCUT2D eigenvalue weighted by Gasteiger charge is -1.95. The van der Waals surface area contributed by atoms with Crippen molar-refractivity contribution in [1.82, 2.24) is 0 Å². The van der Waals surface area contributed by atoms with Crippen LogP contribution in [0.5, 0.6) is 0 Å². The summed E-state index contributed by atoms with van der Waals surface area (Å²) < 4.78 is 27.8. The lowest BCUT2D eigenvalue weighted by Crippen LogP contribution is -2.11. The lowest BCUT2D eigenvalue weighted by molar-refractivity contribution is 0.483. The third-order valence-corrected chi connectivity index (χ3v) is 1.55. The van der Waals surface area contributed by atoms with E-state index in [0.29, 0.717) is 0 Å². The van der Waals surface area contributed by atoms with Gasteiger partial charge in [-0.05, 0) is 6.92 Å². The summed E-state index contributed by atoms with van der Waals surface area (Å²) in [4.78, 5) is 0. The van der Waals surface area contributed by atoms with Crippen LogP contribution in [0.1, 0.15) is 0 Å². The van der Waals surface area contributed by atoms with E-state index in [1.807, 2.05) is 0 Å². The molecule has 0 heterocycles. The molecule has 0 rings (SSSR count).